The van der Waals surface area contributed by atoms with Crippen molar-refractivity contribution in [1.82, 2.24) is 9.13 Å². The van der Waals surface area contributed by atoms with Crippen LogP contribution in [0, 0.1) is 21.4 Å². The molecule has 1 aromatic carbocycles. The van der Waals surface area contributed by atoms with Gasteiger partial charge in [-0.15, -0.1) is 0 Å². The largest absolute Gasteiger partial charge is 0.423 e. The van der Waals surface area contributed by atoms with Gasteiger partial charge in [0.05, 0.1) is 16.4 Å². The molecular formula is C16H13N5O5. The predicted octanol–water partition coefficient (Wildman–Crippen LogP) is 0.210. The van der Waals surface area contributed by atoms with Crippen LogP contribution in [0.5, 0.6) is 5.88 Å². The van der Waals surface area contributed by atoms with Crippen molar-refractivity contribution < 1.29 is 9.66 Å². The Morgan fingerprint density at radius 1 is 1.27 bits per heavy atom. The SMILES string of the molecule is Cn1c2c(c(=O)n(C)c1=O)[C@H](c1ccccc1[N+](=O)[O-])C(C#N)=C(N)O2. The summed E-state index contributed by atoms with van der Waals surface area (Å²) in [5.74, 6) is -1.58. The lowest BCUT2D eigenvalue weighted by Gasteiger charge is -2.26. The van der Waals surface area contributed by atoms with E-state index in [4.69, 9.17) is 10.5 Å². The van der Waals surface area contributed by atoms with E-state index in [2.05, 4.69) is 0 Å². The van der Waals surface area contributed by atoms with E-state index in [-0.39, 0.29) is 34.2 Å². The molecule has 0 unspecified atom stereocenters. The number of nitro groups is 1. The Morgan fingerprint density at radius 2 is 1.92 bits per heavy atom. The number of para-hydroxylation sites is 1. The molecule has 0 aliphatic carbocycles. The van der Waals surface area contributed by atoms with Crippen LogP contribution >= 0.6 is 0 Å². The maximum absolute atomic E-state index is 12.7. The lowest BCUT2D eigenvalue weighted by molar-refractivity contribution is -0.385. The Morgan fingerprint density at radius 3 is 2.54 bits per heavy atom. The van der Waals surface area contributed by atoms with E-state index in [1.807, 2.05) is 6.07 Å². The summed E-state index contributed by atoms with van der Waals surface area (Å²) in [5.41, 5.74) is 4.08. The topological polar surface area (TPSA) is 146 Å². The molecule has 26 heavy (non-hydrogen) atoms. The number of nitrogens with zero attached hydrogens (tertiary/aromatic N) is 4. The summed E-state index contributed by atoms with van der Waals surface area (Å²) < 4.78 is 7.27. The summed E-state index contributed by atoms with van der Waals surface area (Å²) in [4.78, 5) is 35.7. The normalized spacial score (nSPS) is 15.8. The highest BCUT2D eigenvalue weighted by molar-refractivity contribution is 5.58. The Balaban J connectivity index is 2.48. The van der Waals surface area contributed by atoms with Gasteiger partial charge < -0.3 is 10.5 Å². The standard InChI is InChI=1S/C16H13N5O5/c1-19-14(22)12-11(8-5-3-4-6-10(8)21(24)25)9(7-17)13(18)26-15(12)20(2)16(19)23/h3-6,11H,18H2,1-2H3/t11-/m1/s1. The highest BCUT2D eigenvalue weighted by atomic mass is 16.6. The molecule has 0 amide bonds. The van der Waals surface area contributed by atoms with Gasteiger partial charge in [0.25, 0.3) is 11.2 Å². The quantitative estimate of drug-likeness (QED) is 0.598. The number of allylic oxidation sites excluding steroid dienone is 1. The molecule has 3 rings (SSSR count). The number of ether oxygens (including phenoxy) is 1. The van der Waals surface area contributed by atoms with E-state index in [0.29, 0.717) is 0 Å². The zero-order valence-corrected chi connectivity index (χ0v) is 13.8. The summed E-state index contributed by atoms with van der Waals surface area (Å²) in [7, 11) is 2.65. The average Bonchev–Trinajstić information content (AvgIpc) is 2.63. The molecule has 1 aromatic heterocycles. The van der Waals surface area contributed by atoms with E-state index in [9.17, 15) is 25.0 Å². The predicted molar refractivity (Wildman–Crippen MR) is 89.3 cm³/mol. The Labute approximate surface area is 146 Å². The van der Waals surface area contributed by atoms with Gasteiger partial charge >= 0.3 is 5.69 Å². The number of nitrogens with two attached hydrogens (primary N) is 1. The van der Waals surface area contributed by atoms with Crippen molar-refractivity contribution in [2.75, 3.05) is 0 Å². The first-order valence-corrected chi connectivity index (χ1v) is 7.40. The van der Waals surface area contributed by atoms with Gasteiger partial charge in [0.2, 0.25) is 11.8 Å². The van der Waals surface area contributed by atoms with Crippen LogP contribution in [0.25, 0.3) is 0 Å². The maximum atomic E-state index is 12.7. The Bertz CT molecular complexity index is 1140. The number of nitro benzene ring substituents is 1. The molecule has 10 heteroatoms. The molecule has 2 aromatic rings. The van der Waals surface area contributed by atoms with Crippen LogP contribution < -0.4 is 21.7 Å². The van der Waals surface area contributed by atoms with Gasteiger partial charge in [0.15, 0.2) is 0 Å². The van der Waals surface area contributed by atoms with Gasteiger partial charge in [-0.3, -0.25) is 24.0 Å². The number of hydrogen-bond acceptors (Lipinski definition) is 7. The average molecular weight is 355 g/mol. The van der Waals surface area contributed by atoms with Crippen LogP contribution in [0.3, 0.4) is 0 Å². The van der Waals surface area contributed by atoms with Crippen molar-refractivity contribution >= 4 is 5.69 Å². The van der Waals surface area contributed by atoms with Crippen LogP contribution in [0.4, 0.5) is 5.69 Å². The van der Waals surface area contributed by atoms with Crippen LogP contribution in [0.1, 0.15) is 17.0 Å². The summed E-state index contributed by atoms with van der Waals surface area (Å²) in [5, 5.41) is 20.9. The number of rotatable bonds is 2. The molecule has 1 aliphatic heterocycles. The summed E-state index contributed by atoms with van der Waals surface area (Å²) >= 11 is 0. The van der Waals surface area contributed by atoms with Crippen molar-refractivity contribution in [3.8, 4) is 11.9 Å². The van der Waals surface area contributed by atoms with Gasteiger partial charge in [-0.25, -0.2) is 4.79 Å². The molecule has 132 valence electrons. The minimum atomic E-state index is -1.13. The van der Waals surface area contributed by atoms with Crippen molar-refractivity contribution in [3.63, 3.8) is 0 Å². The zero-order valence-electron chi connectivity index (χ0n) is 13.8. The van der Waals surface area contributed by atoms with Crippen molar-refractivity contribution in [1.29, 1.82) is 5.26 Å². The Hall–Kier alpha value is -3.87. The molecule has 1 atom stereocenters. The third-order valence-corrected chi connectivity index (χ3v) is 4.26. The van der Waals surface area contributed by atoms with Crippen LogP contribution in [-0.2, 0) is 14.1 Å². The van der Waals surface area contributed by atoms with E-state index in [0.717, 1.165) is 9.13 Å². The molecule has 0 saturated carbocycles. The summed E-state index contributed by atoms with van der Waals surface area (Å²) in [6.45, 7) is 0. The first-order valence-electron chi connectivity index (χ1n) is 7.40. The minimum Gasteiger partial charge on any atom is -0.423 e. The number of benzene rings is 1. The van der Waals surface area contributed by atoms with Gasteiger partial charge in [0, 0.05) is 25.7 Å². The highest BCUT2D eigenvalue weighted by Crippen LogP contribution is 2.42. The van der Waals surface area contributed by atoms with Crippen LogP contribution in [-0.4, -0.2) is 14.1 Å². The highest BCUT2D eigenvalue weighted by Gasteiger charge is 2.38. The molecule has 0 saturated heterocycles. The summed E-state index contributed by atoms with van der Waals surface area (Å²) in [6.07, 6.45) is 0. The number of nitriles is 1. The molecule has 0 radical (unpaired) electrons. The van der Waals surface area contributed by atoms with E-state index in [1.54, 1.807) is 6.07 Å². The van der Waals surface area contributed by atoms with Gasteiger partial charge in [0.1, 0.15) is 11.6 Å². The van der Waals surface area contributed by atoms with Crippen molar-refractivity contribution in [3.05, 3.63) is 77.8 Å². The molecule has 1 aliphatic rings. The second-order valence-electron chi connectivity index (χ2n) is 5.67. The fraction of sp³-hybridized carbons (Fsp3) is 0.188. The van der Waals surface area contributed by atoms with Crippen LogP contribution in [0.15, 0.2) is 45.3 Å². The minimum absolute atomic E-state index is 0.0605. The number of aromatic nitrogens is 2. The fourth-order valence-electron chi connectivity index (χ4n) is 3.00. The zero-order chi connectivity index (χ0) is 19.2. The first kappa shape index (κ1) is 17.0. The molecule has 0 fully saturated rings. The lowest BCUT2D eigenvalue weighted by atomic mass is 9.84. The monoisotopic (exact) mass is 355 g/mol. The third-order valence-electron chi connectivity index (χ3n) is 4.26. The fourth-order valence-corrected chi connectivity index (χ4v) is 3.00. The van der Waals surface area contributed by atoms with Crippen molar-refractivity contribution in [2.45, 2.75) is 5.92 Å². The Kier molecular flexibility index (Phi) is 3.84. The molecule has 2 heterocycles. The molecule has 0 spiro atoms. The maximum Gasteiger partial charge on any atom is 0.333 e. The van der Waals surface area contributed by atoms with E-state index < -0.39 is 22.1 Å². The lowest BCUT2D eigenvalue weighted by Crippen LogP contribution is -2.42. The third kappa shape index (κ3) is 2.26. The second kappa shape index (κ2) is 5.89. The first-order chi connectivity index (χ1) is 12.3. The molecule has 2 N–H and O–H groups in total. The number of hydrogen-bond donors (Lipinski definition) is 1. The molecule has 10 nitrogen and oxygen atoms in total. The van der Waals surface area contributed by atoms with Crippen LogP contribution in [0.2, 0.25) is 0 Å². The van der Waals surface area contributed by atoms with Gasteiger partial charge in [-0.1, -0.05) is 18.2 Å². The molecule has 0 bridgehead atoms. The second-order valence-corrected chi connectivity index (χ2v) is 5.67. The van der Waals surface area contributed by atoms with E-state index >= 15 is 0 Å². The van der Waals surface area contributed by atoms with Crippen molar-refractivity contribution in [2.24, 2.45) is 19.8 Å². The van der Waals surface area contributed by atoms with E-state index in [1.165, 1.54) is 32.3 Å². The summed E-state index contributed by atoms with van der Waals surface area (Å²) in [6, 6.07) is 7.59. The smallest absolute Gasteiger partial charge is 0.333 e. The number of fused-ring (bicyclic) bond motifs is 1. The van der Waals surface area contributed by atoms with Gasteiger partial charge in [-0.05, 0) is 0 Å². The van der Waals surface area contributed by atoms with Gasteiger partial charge in [-0.2, -0.15) is 5.26 Å². The molecular weight excluding hydrogens is 342 g/mol.